The minimum Gasteiger partial charge on any atom is -0.492 e. The molecule has 0 aliphatic carbocycles. The molecule has 0 radical (unpaired) electrons. The molecule has 1 aromatic heterocycles. The third kappa shape index (κ3) is 4.04. The third-order valence-electron chi connectivity index (χ3n) is 5.35. The van der Waals surface area contributed by atoms with Gasteiger partial charge in [0, 0.05) is 15.8 Å². The van der Waals surface area contributed by atoms with Crippen molar-refractivity contribution in [3.8, 4) is 11.5 Å². The van der Waals surface area contributed by atoms with Crippen LogP contribution in [0.4, 0.5) is 0 Å². The van der Waals surface area contributed by atoms with Gasteiger partial charge in [-0.15, -0.1) is 0 Å². The van der Waals surface area contributed by atoms with Gasteiger partial charge in [-0.3, -0.25) is 4.21 Å². The lowest BCUT2D eigenvalue weighted by Gasteiger charge is -2.30. The van der Waals surface area contributed by atoms with Crippen LogP contribution in [0.25, 0.3) is 10.9 Å². The highest BCUT2D eigenvalue weighted by atomic mass is 32.2. The van der Waals surface area contributed by atoms with Gasteiger partial charge in [-0.1, -0.05) is 42.5 Å². The van der Waals surface area contributed by atoms with Crippen molar-refractivity contribution in [3.05, 3.63) is 96.2 Å². The van der Waals surface area contributed by atoms with E-state index in [2.05, 4.69) is 4.98 Å². The molecule has 0 fully saturated rings. The van der Waals surface area contributed by atoms with Gasteiger partial charge >= 0.3 is 0 Å². The fraction of sp³-hybridized carbons (Fsp3) is 0.160. The van der Waals surface area contributed by atoms with Gasteiger partial charge in [0.25, 0.3) is 0 Å². The Morgan fingerprint density at radius 2 is 1.81 bits per heavy atom. The number of rotatable bonds is 5. The van der Waals surface area contributed by atoms with Crippen molar-refractivity contribution in [2.75, 3.05) is 6.61 Å². The molecule has 1 aliphatic heterocycles. The molecule has 0 saturated heterocycles. The number of aliphatic hydroxyl groups excluding tert-OH is 1. The van der Waals surface area contributed by atoms with Crippen molar-refractivity contribution in [1.29, 1.82) is 0 Å². The number of para-hydroxylation sites is 1. The summed E-state index contributed by atoms with van der Waals surface area (Å²) in [5, 5.41) is 11.5. The number of nitrogens with zero attached hydrogens (tertiary/aromatic N) is 1. The lowest BCUT2D eigenvalue weighted by atomic mass is 10.0. The zero-order chi connectivity index (χ0) is 21.2. The second kappa shape index (κ2) is 8.49. The van der Waals surface area contributed by atoms with Gasteiger partial charge in [0.05, 0.1) is 22.0 Å². The second-order valence-corrected chi connectivity index (χ2v) is 9.06. The Morgan fingerprint density at radius 3 is 2.68 bits per heavy atom. The summed E-state index contributed by atoms with van der Waals surface area (Å²) < 4.78 is 24.7. The minimum atomic E-state index is -1.39. The van der Waals surface area contributed by atoms with Gasteiger partial charge in [0.1, 0.15) is 36.1 Å². The summed E-state index contributed by atoms with van der Waals surface area (Å²) in [5.74, 6) is 1.19. The highest BCUT2D eigenvalue weighted by molar-refractivity contribution is 7.85. The first kappa shape index (κ1) is 19.7. The number of hydrogen-bond acceptors (Lipinski definition) is 5. The Labute approximate surface area is 182 Å². The van der Waals surface area contributed by atoms with Gasteiger partial charge in [-0.05, 0) is 42.5 Å². The van der Waals surface area contributed by atoms with Gasteiger partial charge in [0.15, 0.2) is 0 Å². The van der Waals surface area contributed by atoms with Crippen molar-refractivity contribution in [3.63, 3.8) is 0 Å². The normalized spacial score (nSPS) is 18.7. The zero-order valence-corrected chi connectivity index (χ0v) is 17.5. The fourth-order valence-electron chi connectivity index (χ4n) is 3.70. The SMILES string of the molecule is O=S(c1ccccc1)[C@@H]1COc2ccc(OCc3ccc4ccccc4n3)cc2[C@@H]1O. The van der Waals surface area contributed by atoms with Gasteiger partial charge in [0.2, 0.25) is 0 Å². The lowest BCUT2D eigenvalue weighted by molar-refractivity contribution is 0.120. The van der Waals surface area contributed by atoms with E-state index in [1.165, 1.54) is 0 Å². The molecule has 0 amide bonds. The van der Waals surface area contributed by atoms with E-state index < -0.39 is 22.2 Å². The summed E-state index contributed by atoms with van der Waals surface area (Å²) in [7, 11) is -1.39. The van der Waals surface area contributed by atoms with Crippen LogP contribution in [0, 0.1) is 0 Å². The molecule has 156 valence electrons. The molecule has 0 saturated carbocycles. The smallest absolute Gasteiger partial charge is 0.130 e. The predicted octanol–water partition coefficient (Wildman–Crippen LogP) is 4.42. The van der Waals surface area contributed by atoms with Crippen LogP contribution in [0.5, 0.6) is 11.5 Å². The van der Waals surface area contributed by atoms with E-state index in [-0.39, 0.29) is 6.61 Å². The Kier molecular flexibility index (Phi) is 5.40. The largest absolute Gasteiger partial charge is 0.492 e. The van der Waals surface area contributed by atoms with E-state index in [1.54, 1.807) is 30.3 Å². The summed E-state index contributed by atoms with van der Waals surface area (Å²) in [6.07, 6.45) is -0.910. The van der Waals surface area contributed by atoms with Crippen molar-refractivity contribution >= 4 is 21.7 Å². The highest BCUT2D eigenvalue weighted by Gasteiger charge is 2.34. The fourth-order valence-corrected chi connectivity index (χ4v) is 5.04. The monoisotopic (exact) mass is 431 g/mol. The van der Waals surface area contributed by atoms with Crippen molar-refractivity contribution in [1.82, 2.24) is 4.98 Å². The number of ether oxygens (including phenoxy) is 2. The molecule has 3 atom stereocenters. The van der Waals surface area contributed by atoms with Crippen LogP contribution < -0.4 is 9.47 Å². The Bertz CT molecular complexity index is 1240. The van der Waals surface area contributed by atoms with E-state index in [4.69, 9.17) is 9.47 Å². The first-order valence-corrected chi connectivity index (χ1v) is 11.3. The molecule has 4 aromatic rings. The zero-order valence-electron chi connectivity index (χ0n) is 16.7. The number of fused-ring (bicyclic) bond motifs is 2. The molecular weight excluding hydrogens is 410 g/mol. The van der Waals surface area contributed by atoms with E-state index in [0.29, 0.717) is 28.6 Å². The van der Waals surface area contributed by atoms with E-state index >= 15 is 0 Å². The summed E-state index contributed by atoms with van der Waals surface area (Å²) in [4.78, 5) is 5.30. The summed E-state index contributed by atoms with van der Waals surface area (Å²) in [5.41, 5.74) is 2.32. The maximum Gasteiger partial charge on any atom is 0.130 e. The molecule has 1 N–H and O–H groups in total. The summed E-state index contributed by atoms with van der Waals surface area (Å²) in [6.45, 7) is 0.497. The molecule has 31 heavy (non-hydrogen) atoms. The van der Waals surface area contributed by atoms with Crippen molar-refractivity contribution in [2.45, 2.75) is 22.9 Å². The van der Waals surface area contributed by atoms with Crippen LogP contribution in [-0.2, 0) is 17.4 Å². The highest BCUT2D eigenvalue weighted by Crippen LogP contribution is 2.38. The van der Waals surface area contributed by atoms with Crippen LogP contribution >= 0.6 is 0 Å². The van der Waals surface area contributed by atoms with Crippen LogP contribution in [0.3, 0.4) is 0 Å². The molecule has 0 bridgehead atoms. The molecule has 1 unspecified atom stereocenters. The van der Waals surface area contributed by atoms with E-state index in [1.807, 2.05) is 54.6 Å². The second-order valence-electron chi connectivity index (χ2n) is 7.39. The van der Waals surface area contributed by atoms with Crippen LogP contribution in [0.1, 0.15) is 17.4 Å². The Morgan fingerprint density at radius 1 is 1.00 bits per heavy atom. The molecular formula is C25H21NO4S. The number of aromatic nitrogens is 1. The van der Waals surface area contributed by atoms with Gasteiger partial charge in [-0.25, -0.2) is 4.98 Å². The molecule has 0 spiro atoms. The van der Waals surface area contributed by atoms with Crippen LogP contribution in [0.15, 0.2) is 89.8 Å². The predicted molar refractivity (Wildman–Crippen MR) is 120 cm³/mol. The third-order valence-corrected chi connectivity index (χ3v) is 7.03. The number of hydrogen-bond donors (Lipinski definition) is 1. The quantitative estimate of drug-likeness (QED) is 0.507. The van der Waals surface area contributed by atoms with Crippen LogP contribution in [0.2, 0.25) is 0 Å². The molecule has 2 heterocycles. The Hall–Kier alpha value is -3.22. The average Bonchev–Trinajstić information content (AvgIpc) is 2.83. The summed E-state index contributed by atoms with van der Waals surface area (Å²) >= 11 is 0. The van der Waals surface area contributed by atoms with Gasteiger partial charge < -0.3 is 14.6 Å². The minimum absolute atomic E-state index is 0.191. The molecule has 5 nitrogen and oxygen atoms in total. The first-order valence-electron chi connectivity index (χ1n) is 10.1. The summed E-state index contributed by atoms with van der Waals surface area (Å²) in [6, 6.07) is 26.4. The number of aliphatic hydroxyl groups is 1. The maximum absolute atomic E-state index is 13.0. The van der Waals surface area contributed by atoms with Crippen molar-refractivity contribution in [2.24, 2.45) is 0 Å². The number of benzene rings is 3. The first-order chi connectivity index (χ1) is 15.2. The van der Waals surface area contributed by atoms with Crippen molar-refractivity contribution < 1.29 is 18.8 Å². The Balaban J connectivity index is 1.33. The maximum atomic E-state index is 13.0. The molecule has 3 aromatic carbocycles. The lowest BCUT2D eigenvalue weighted by Crippen LogP contribution is -2.34. The molecule has 6 heteroatoms. The topological polar surface area (TPSA) is 68.7 Å². The van der Waals surface area contributed by atoms with E-state index in [9.17, 15) is 9.32 Å². The standard InChI is InChI=1S/C25H21NO4S/c27-25-21-14-19(29-15-18-11-10-17-6-4-5-9-22(17)26-18)12-13-23(21)30-16-24(25)31(28)20-7-2-1-3-8-20/h1-14,24-25,27H,15-16H2/t24-,25+,31?/m1/s1. The van der Waals surface area contributed by atoms with Gasteiger partial charge in [-0.2, -0.15) is 0 Å². The average molecular weight is 432 g/mol. The van der Waals surface area contributed by atoms with Crippen LogP contribution in [-0.4, -0.2) is 26.2 Å². The molecule has 1 aliphatic rings. The van der Waals surface area contributed by atoms with E-state index in [0.717, 1.165) is 16.6 Å². The number of pyridine rings is 1. The molecule has 5 rings (SSSR count).